The van der Waals surface area contributed by atoms with Crippen LogP contribution >= 0.6 is 0 Å². The molecule has 1 saturated heterocycles. The first kappa shape index (κ1) is 14.7. The number of esters is 1. The molecule has 1 aliphatic rings. The third-order valence-electron chi connectivity index (χ3n) is 3.04. The van der Waals surface area contributed by atoms with Crippen molar-refractivity contribution < 1.29 is 19.2 Å². The summed E-state index contributed by atoms with van der Waals surface area (Å²) in [6, 6.07) is 3.05. The lowest BCUT2D eigenvalue weighted by Crippen LogP contribution is -2.47. The van der Waals surface area contributed by atoms with Gasteiger partial charge in [0.25, 0.3) is 0 Å². The Bertz CT molecular complexity index is 612. The highest BCUT2D eigenvalue weighted by molar-refractivity contribution is 5.76. The second kappa shape index (κ2) is 6.15. The highest BCUT2D eigenvalue weighted by Gasteiger charge is 2.32. The Morgan fingerprint density at radius 2 is 2.48 bits per heavy atom. The third-order valence-corrected chi connectivity index (χ3v) is 3.04. The molecule has 0 N–H and O–H groups in total. The van der Waals surface area contributed by atoms with Gasteiger partial charge in [-0.05, 0) is 6.07 Å². The highest BCUT2D eigenvalue weighted by atomic mass is 16.6. The van der Waals surface area contributed by atoms with E-state index in [0.29, 0.717) is 6.54 Å². The number of ether oxygens (including phenoxy) is 2. The summed E-state index contributed by atoms with van der Waals surface area (Å²) in [5, 5.41) is 20.1. The lowest BCUT2D eigenvalue weighted by atomic mass is 10.2. The van der Waals surface area contributed by atoms with E-state index in [9.17, 15) is 14.9 Å². The molecule has 1 fully saturated rings. The number of aromatic nitrogens is 1. The molecule has 1 aromatic heterocycles. The van der Waals surface area contributed by atoms with Crippen LogP contribution in [0.15, 0.2) is 12.3 Å². The van der Waals surface area contributed by atoms with E-state index in [0.717, 1.165) is 0 Å². The molecule has 1 unspecified atom stereocenters. The third kappa shape index (κ3) is 2.90. The molecule has 1 aliphatic heterocycles. The van der Waals surface area contributed by atoms with Crippen LogP contribution in [-0.4, -0.2) is 48.8 Å². The van der Waals surface area contributed by atoms with Gasteiger partial charge in [-0.15, -0.1) is 0 Å². The minimum absolute atomic E-state index is 0.0521. The van der Waals surface area contributed by atoms with Crippen LogP contribution in [0.4, 0.5) is 11.5 Å². The van der Waals surface area contributed by atoms with Crippen LogP contribution < -0.4 is 4.90 Å². The van der Waals surface area contributed by atoms with Gasteiger partial charge in [-0.2, -0.15) is 5.26 Å². The van der Waals surface area contributed by atoms with Gasteiger partial charge in [-0.1, -0.05) is 0 Å². The number of carbonyl (C=O) groups is 1. The first-order chi connectivity index (χ1) is 10.1. The number of pyridine rings is 1. The number of rotatable bonds is 3. The summed E-state index contributed by atoms with van der Waals surface area (Å²) in [4.78, 5) is 27.6. The van der Waals surface area contributed by atoms with Gasteiger partial charge in [0, 0.05) is 12.7 Å². The topological polar surface area (TPSA) is 119 Å². The van der Waals surface area contributed by atoms with Gasteiger partial charge in [0.05, 0.1) is 25.2 Å². The average molecular weight is 292 g/mol. The van der Waals surface area contributed by atoms with Crippen LogP contribution in [0.25, 0.3) is 0 Å². The van der Waals surface area contributed by atoms with Gasteiger partial charge in [0.1, 0.15) is 11.6 Å². The zero-order valence-electron chi connectivity index (χ0n) is 11.2. The molecule has 1 aromatic rings. The second-order valence-electron chi connectivity index (χ2n) is 4.23. The van der Waals surface area contributed by atoms with E-state index in [4.69, 9.17) is 10.00 Å². The summed E-state index contributed by atoms with van der Waals surface area (Å²) in [6.45, 7) is 0.612. The Morgan fingerprint density at radius 3 is 3.10 bits per heavy atom. The van der Waals surface area contributed by atoms with Gasteiger partial charge in [-0.3, -0.25) is 10.1 Å². The summed E-state index contributed by atoms with van der Waals surface area (Å²) in [5.41, 5.74) is -0.448. The molecule has 0 radical (unpaired) electrons. The maximum atomic E-state index is 11.5. The Hall–Kier alpha value is -2.73. The Balaban J connectivity index is 2.36. The molecule has 2 rings (SSSR count). The molecule has 1 atom stereocenters. The maximum absolute atomic E-state index is 11.5. The number of hydrogen-bond acceptors (Lipinski definition) is 8. The summed E-state index contributed by atoms with van der Waals surface area (Å²) >= 11 is 0. The van der Waals surface area contributed by atoms with E-state index in [1.54, 1.807) is 11.0 Å². The SMILES string of the molecule is COC(=O)C1CN(c2nccc(C#N)c2[N+](=O)[O-])CCO1. The molecule has 2 heterocycles. The largest absolute Gasteiger partial charge is 0.467 e. The molecule has 0 aliphatic carbocycles. The minimum Gasteiger partial charge on any atom is -0.467 e. The number of nitrogens with zero attached hydrogens (tertiary/aromatic N) is 4. The number of hydrogen-bond donors (Lipinski definition) is 0. The van der Waals surface area contributed by atoms with E-state index >= 15 is 0 Å². The monoisotopic (exact) mass is 292 g/mol. The van der Waals surface area contributed by atoms with E-state index in [1.165, 1.54) is 19.4 Å². The van der Waals surface area contributed by atoms with Crippen molar-refractivity contribution >= 4 is 17.5 Å². The average Bonchev–Trinajstić information content (AvgIpc) is 2.53. The number of anilines is 1. The Labute approximate surface area is 119 Å². The summed E-state index contributed by atoms with van der Waals surface area (Å²) in [6.07, 6.45) is 0.486. The fourth-order valence-electron chi connectivity index (χ4n) is 2.06. The predicted octanol–water partition coefficient (Wildman–Crippen LogP) is 0.240. The zero-order chi connectivity index (χ0) is 15.4. The van der Waals surface area contributed by atoms with Crippen molar-refractivity contribution in [2.24, 2.45) is 0 Å². The molecule has 0 aromatic carbocycles. The zero-order valence-corrected chi connectivity index (χ0v) is 11.2. The molecule has 0 spiro atoms. The Kier molecular flexibility index (Phi) is 4.30. The van der Waals surface area contributed by atoms with Crippen LogP contribution in [0.3, 0.4) is 0 Å². The standard InChI is InChI=1S/C12H12N4O5/c1-20-12(17)9-7-15(4-5-21-9)11-10(16(18)19)8(6-13)2-3-14-11/h2-3,9H,4-5,7H2,1H3. The van der Waals surface area contributed by atoms with Crippen molar-refractivity contribution in [1.82, 2.24) is 4.98 Å². The smallest absolute Gasteiger partial charge is 0.336 e. The van der Waals surface area contributed by atoms with Gasteiger partial charge >= 0.3 is 11.7 Å². The van der Waals surface area contributed by atoms with E-state index in [1.807, 2.05) is 0 Å². The van der Waals surface area contributed by atoms with Crippen LogP contribution in [-0.2, 0) is 14.3 Å². The summed E-state index contributed by atoms with van der Waals surface area (Å²) < 4.78 is 9.86. The summed E-state index contributed by atoms with van der Waals surface area (Å²) in [7, 11) is 1.24. The van der Waals surface area contributed by atoms with Gasteiger partial charge in [0.2, 0.25) is 5.82 Å². The maximum Gasteiger partial charge on any atom is 0.336 e. The van der Waals surface area contributed by atoms with E-state index in [-0.39, 0.29) is 30.2 Å². The first-order valence-corrected chi connectivity index (χ1v) is 6.06. The summed E-state index contributed by atoms with van der Waals surface area (Å²) in [5.74, 6) is -0.505. The van der Waals surface area contributed by atoms with Crippen LogP contribution in [0, 0.1) is 21.4 Å². The lowest BCUT2D eigenvalue weighted by Gasteiger charge is -2.31. The number of carbonyl (C=O) groups excluding carboxylic acids is 1. The molecular formula is C12H12N4O5. The van der Waals surface area contributed by atoms with Crippen LogP contribution in [0.5, 0.6) is 0 Å². The van der Waals surface area contributed by atoms with Gasteiger partial charge in [-0.25, -0.2) is 9.78 Å². The normalized spacial score (nSPS) is 17.9. The van der Waals surface area contributed by atoms with Crippen molar-refractivity contribution in [3.63, 3.8) is 0 Å². The first-order valence-electron chi connectivity index (χ1n) is 6.06. The number of nitriles is 1. The van der Waals surface area contributed by atoms with E-state index in [2.05, 4.69) is 9.72 Å². The number of nitro groups is 1. The fraction of sp³-hybridized carbons (Fsp3) is 0.417. The van der Waals surface area contributed by atoms with Gasteiger partial charge in [0.15, 0.2) is 6.10 Å². The Morgan fingerprint density at radius 1 is 1.71 bits per heavy atom. The highest BCUT2D eigenvalue weighted by Crippen LogP contribution is 2.30. The van der Waals surface area contributed by atoms with Crippen molar-refractivity contribution in [2.75, 3.05) is 31.7 Å². The van der Waals surface area contributed by atoms with Crippen molar-refractivity contribution in [3.05, 3.63) is 27.9 Å². The molecule has 0 amide bonds. The van der Waals surface area contributed by atoms with Crippen molar-refractivity contribution in [2.45, 2.75) is 6.10 Å². The van der Waals surface area contributed by atoms with Crippen LogP contribution in [0.2, 0.25) is 0 Å². The minimum atomic E-state index is -0.837. The molecule has 9 nitrogen and oxygen atoms in total. The molecule has 0 bridgehead atoms. The van der Waals surface area contributed by atoms with E-state index < -0.39 is 17.0 Å². The van der Waals surface area contributed by atoms with Crippen LogP contribution in [0.1, 0.15) is 5.56 Å². The fourth-order valence-corrected chi connectivity index (χ4v) is 2.06. The molecule has 9 heteroatoms. The lowest BCUT2D eigenvalue weighted by molar-refractivity contribution is -0.384. The molecule has 21 heavy (non-hydrogen) atoms. The van der Waals surface area contributed by atoms with Crippen molar-refractivity contribution in [1.29, 1.82) is 5.26 Å². The van der Waals surface area contributed by atoms with Crippen molar-refractivity contribution in [3.8, 4) is 6.07 Å². The molecule has 0 saturated carbocycles. The van der Waals surface area contributed by atoms with Gasteiger partial charge < -0.3 is 14.4 Å². The number of morpholine rings is 1. The molecular weight excluding hydrogens is 280 g/mol. The predicted molar refractivity (Wildman–Crippen MR) is 69.6 cm³/mol. The number of methoxy groups -OCH3 is 1. The molecule has 110 valence electrons. The second-order valence-corrected chi connectivity index (χ2v) is 4.23. The quantitative estimate of drug-likeness (QED) is 0.441.